The average molecular weight is 407 g/mol. The number of carbonyl (C=O) groups is 3. The summed E-state index contributed by atoms with van der Waals surface area (Å²) >= 11 is 6.28. The minimum atomic E-state index is -1.30. The number of likely N-dealkylation sites (tertiary alicyclic amines) is 1. The third kappa shape index (κ3) is 2.27. The van der Waals surface area contributed by atoms with Gasteiger partial charge >= 0.3 is 0 Å². The lowest BCUT2D eigenvalue weighted by Crippen LogP contribution is -3.00. The number of imide groups is 1. The number of nitrogens with one attached hydrogen (secondary N) is 1. The molecule has 1 aromatic carbocycles. The molecule has 6 atom stereocenters. The van der Waals surface area contributed by atoms with E-state index in [0.717, 1.165) is 5.56 Å². The van der Waals surface area contributed by atoms with Crippen LogP contribution in [0.15, 0.2) is 12.1 Å². The molecular weight excluding hydrogens is 382 g/mol. The van der Waals surface area contributed by atoms with Crippen LogP contribution in [0.1, 0.15) is 38.3 Å². The van der Waals surface area contributed by atoms with Gasteiger partial charge in [-0.3, -0.25) is 19.3 Å². The zero-order valence-electron chi connectivity index (χ0n) is 16.3. The van der Waals surface area contributed by atoms with Crippen molar-refractivity contribution in [1.82, 2.24) is 4.90 Å². The molecule has 150 valence electrons. The monoisotopic (exact) mass is 406 g/mol. The molecule has 0 bridgehead atoms. The normalized spacial score (nSPS) is 33.3. The lowest BCUT2D eigenvalue weighted by Gasteiger charge is -2.29. The van der Waals surface area contributed by atoms with E-state index in [1.165, 1.54) is 4.90 Å². The Labute approximate surface area is 168 Å². The molecule has 3 aliphatic rings. The van der Waals surface area contributed by atoms with Crippen molar-refractivity contribution in [3.8, 4) is 0 Å². The molecule has 0 aliphatic carbocycles. The van der Waals surface area contributed by atoms with Crippen LogP contribution >= 0.6 is 11.6 Å². The van der Waals surface area contributed by atoms with Crippen LogP contribution in [0.2, 0.25) is 5.02 Å². The molecule has 4 rings (SSSR count). The van der Waals surface area contributed by atoms with Crippen LogP contribution in [-0.4, -0.2) is 45.9 Å². The number of carbonyl (C=O) groups excluding carboxylic acids is 3. The maximum atomic E-state index is 13.4. The van der Waals surface area contributed by atoms with E-state index in [4.69, 9.17) is 11.6 Å². The number of benzene rings is 1. The van der Waals surface area contributed by atoms with E-state index in [-0.39, 0.29) is 23.8 Å². The third-order valence-electron chi connectivity index (χ3n) is 6.69. The average Bonchev–Trinajstić information content (AvgIpc) is 3.21. The van der Waals surface area contributed by atoms with E-state index >= 15 is 0 Å². The van der Waals surface area contributed by atoms with Gasteiger partial charge in [0.05, 0.1) is 5.69 Å². The number of anilines is 1. The number of amides is 3. The predicted octanol–water partition coefficient (Wildman–Crippen LogP) is 0.522. The van der Waals surface area contributed by atoms with Gasteiger partial charge in [-0.15, -0.1) is 0 Å². The molecule has 28 heavy (non-hydrogen) atoms. The first-order valence-electron chi connectivity index (χ1n) is 9.68. The highest BCUT2D eigenvalue weighted by Crippen LogP contribution is 2.51. The first kappa shape index (κ1) is 19.4. The molecule has 7 nitrogen and oxygen atoms in total. The Morgan fingerprint density at radius 1 is 1.29 bits per heavy atom. The van der Waals surface area contributed by atoms with Crippen molar-refractivity contribution >= 4 is 35.0 Å². The molecule has 0 unspecified atom stereocenters. The largest absolute Gasteiger partial charge is 0.387 e. The summed E-state index contributed by atoms with van der Waals surface area (Å²) in [6, 6.07) is 2.60. The molecule has 2 fully saturated rings. The predicted molar refractivity (Wildman–Crippen MR) is 102 cm³/mol. The fraction of sp³-hybridized carbons (Fsp3) is 0.550. The number of fused-ring (bicyclic) bond motifs is 4. The van der Waals surface area contributed by atoms with Gasteiger partial charge in [-0.25, -0.2) is 0 Å². The molecule has 8 heteroatoms. The van der Waals surface area contributed by atoms with Gasteiger partial charge in [0.2, 0.25) is 17.4 Å². The Hall–Kier alpha value is -1.96. The molecule has 3 heterocycles. The second-order valence-corrected chi connectivity index (χ2v) is 8.70. The standard InChI is InChI=1S/C20H24ClN3O4/c1-5-9(3)24-17(26)13-14(18(24)27)20(23-16(13)10(4)25)12-7-11(21)6-8(2)15(12)22-19(20)28/h6-7,9-10,13-14,16,23,25H,5H2,1-4H3,(H,22,28)/p+1/t9-,10+,13-,14-,16+,20+/m0/s1. The molecule has 1 spiro atoms. The molecule has 4 N–H and O–H groups in total. The number of rotatable bonds is 3. The van der Waals surface area contributed by atoms with Gasteiger partial charge < -0.3 is 15.7 Å². The fourth-order valence-electron chi connectivity index (χ4n) is 5.20. The molecule has 0 aromatic heterocycles. The molecule has 2 saturated heterocycles. The van der Waals surface area contributed by atoms with E-state index in [9.17, 15) is 19.5 Å². The molecular formula is C20H25ClN3O4+. The summed E-state index contributed by atoms with van der Waals surface area (Å²) < 4.78 is 0. The van der Waals surface area contributed by atoms with Crippen LogP contribution in [0, 0.1) is 18.8 Å². The minimum absolute atomic E-state index is 0.262. The van der Waals surface area contributed by atoms with Crippen LogP contribution in [-0.2, 0) is 19.9 Å². The summed E-state index contributed by atoms with van der Waals surface area (Å²) in [5, 5.41) is 15.5. The Balaban J connectivity index is 1.94. The number of hydrogen-bond donors (Lipinski definition) is 3. The van der Waals surface area contributed by atoms with Gasteiger partial charge in [-0.2, -0.15) is 0 Å². The van der Waals surface area contributed by atoms with Crippen LogP contribution in [0.3, 0.4) is 0 Å². The summed E-state index contributed by atoms with van der Waals surface area (Å²) in [5.41, 5.74) is 0.756. The van der Waals surface area contributed by atoms with Gasteiger partial charge in [0.15, 0.2) is 0 Å². The molecule has 3 amide bonds. The number of quaternary nitrogens is 1. The zero-order chi connectivity index (χ0) is 20.5. The SMILES string of the molecule is CC[C@H](C)N1C(=O)[C@@H]2[C@@H]([C@@H](C)O)[NH2+][C@@]3(C(=O)Nc4c(C)cc(Cl)cc43)[C@@H]2C1=O. The Morgan fingerprint density at radius 2 is 1.96 bits per heavy atom. The van der Waals surface area contributed by atoms with Crippen molar-refractivity contribution in [1.29, 1.82) is 0 Å². The van der Waals surface area contributed by atoms with Crippen molar-refractivity contribution < 1.29 is 24.8 Å². The van der Waals surface area contributed by atoms with Gasteiger partial charge in [-0.05, 0) is 44.9 Å². The number of aliphatic hydroxyl groups is 1. The Bertz CT molecular complexity index is 902. The minimum Gasteiger partial charge on any atom is -0.387 e. The van der Waals surface area contributed by atoms with Gasteiger partial charge in [0.25, 0.3) is 5.91 Å². The molecule has 0 radical (unpaired) electrons. The second-order valence-electron chi connectivity index (χ2n) is 8.26. The van der Waals surface area contributed by atoms with Gasteiger partial charge in [-0.1, -0.05) is 18.5 Å². The van der Waals surface area contributed by atoms with Crippen molar-refractivity contribution in [3.63, 3.8) is 0 Å². The molecule has 0 saturated carbocycles. The Morgan fingerprint density at radius 3 is 2.57 bits per heavy atom. The number of nitrogens with zero attached hydrogens (tertiary/aromatic N) is 1. The number of halogens is 1. The topological polar surface area (TPSA) is 103 Å². The van der Waals surface area contributed by atoms with Crippen LogP contribution in [0.4, 0.5) is 5.69 Å². The highest BCUT2D eigenvalue weighted by Gasteiger charge is 2.75. The van der Waals surface area contributed by atoms with Crippen molar-refractivity contribution in [2.45, 2.75) is 57.8 Å². The molecule has 3 aliphatic heterocycles. The third-order valence-corrected chi connectivity index (χ3v) is 6.91. The smallest absolute Gasteiger partial charge is 0.291 e. The van der Waals surface area contributed by atoms with Crippen molar-refractivity contribution in [3.05, 3.63) is 28.3 Å². The van der Waals surface area contributed by atoms with Gasteiger partial charge in [0.1, 0.15) is 24.0 Å². The zero-order valence-corrected chi connectivity index (χ0v) is 17.1. The number of hydrogen-bond acceptors (Lipinski definition) is 4. The summed E-state index contributed by atoms with van der Waals surface area (Å²) in [6.45, 7) is 7.18. The Kier molecular flexibility index (Phi) is 4.34. The molecule has 1 aromatic rings. The van der Waals surface area contributed by atoms with E-state index in [1.54, 1.807) is 24.4 Å². The van der Waals surface area contributed by atoms with Crippen molar-refractivity contribution in [2.75, 3.05) is 5.32 Å². The second kappa shape index (κ2) is 6.27. The van der Waals surface area contributed by atoms with Crippen LogP contribution in [0.25, 0.3) is 0 Å². The summed E-state index contributed by atoms with van der Waals surface area (Å²) in [4.78, 5) is 41.2. The van der Waals surface area contributed by atoms with E-state index in [0.29, 0.717) is 22.7 Å². The first-order valence-corrected chi connectivity index (χ1v) is 10.1. The summed E-state index contributed by atoms with van der Waals surface area (Å²) in [6.07, 6.45) is -0.238. The van der Waals surface area contributed by atoms with Crippen molar-refractivity contribution in [2.24, 2.45) is 11.8 Å². The lowest BCUT2D eigenvalue weighted by molar-refractivity contribution is -0.738. The van der Waals surface area contributed by atoms with Crippen LogP contribution < -0.4 is 10.6 Å². The lowest BCUT2D eigenvalue weighted by atomic mass is 9.76. The maximum Gasteiger partial charge on any atom is 0.291 e. The first-order chi connectivity index (χ1) is 13.1. The maximum absolute atomic E-state index is 13.4. The number of aliphatic hydroxyl groups excluding tert-OH is 1. The van der Waals surface area contributed by atoms with E-state index in [1.807, 2.05) is 20.8 Å². The van der Waals surface area contributed by atoms with Gasteiger partial charge in [0, 0.05) is 16.6 Å². The highest BCUT2D eigenvalue weighted by molar-refractivity contribution is 6.31. The number of aryl methyl sites for hydroxylation is 1. The highest BCUT2D eigenvalue weighted by atomic mass is 35.5. The van der Waals surface area contributed by atoms with E-state index in [2.05, 4.69) is 5.32 Å². The quantitative estimate of drug-likeness (QED) is 0.637. The fourth-order valence-corrected chi connectivity index (χ4v) is 5.47. The van der Waals surface area contributed by atoms with E-state index < -0.39 is 29.5 Å². The summed E-state index contributed by atoms with van der Waals surface area (Å²) in [5.74, 6) is -2.60. The van der Waals surface area contributed by atoms with Crippen LogP contribution in [0.5, 0.6) is 0 Å². The summed E-state index contributed by atoms with van der Waals surface area (Å²) in [7, 11) is 0. The number of nitrogens with two attached hydrogens (primary N) is 1.